The second-order valence-electron chi connectivity index (χ2n) is 6.66. The molecule has 1 aliphatic rings. The molecule has 1 heterocycles. The molecule has 1 atom stereocenters. The van der Waals surface area contributed by atoms with Gasteiger partial charge < -0.3 is 24.6 Å². The summed E-state index contributed by atoms with van der Waals surface area (Å²) in [5.41, 5.74) is 0.922. The van der Waals surface area contributed by atoms with E-state index in [9.17, 15) is 19.8 Å². The first-order valence-corrected chi connectivity index (χ1v) is 9.18. The number of amides is 1. The highest BCUT2D eigenvalue weighted by Gasteiger charge is 2.45. The lowest BCUT2D eigenvalue weighted by Crippen LogP contribution is -2.31. The first-order chi connectivity index (χ1) is 14.0. The number of benzene rings is 2. The van der Waals surface area contributed by atoms with Crippen LogP contribution in [0, 0.1) is 0 Å². The molecule has 0 bridgehead atoms. The van der Waals surface area contributed by atoms with Crippen LogP contribution in [-0.2, 0) is 14.3 Å². The molecule has 1 saturated heterocycles. The van der Waals surface area contributed by atoms with Crippen LogP contribution < -0.4 is 4.74 Å². The lowest BCUT2D eigenvalue weighted by Gasteiger charge is -2.25. The lowest BCUT2D eigenvalue weighted by atomic mass is 9.95. The number of aliphatic hydroxyl groups excluding tert-OH is 1. The number of hydrogen-bond acceptors (Lipinski definition) is 6. The molecule has 0 aliphatic carbocycles. The van der Waals surface area contributed by atoms with Crippen molar-refractivity contribution in [2.45, 2.75) is 12.5 Å². The number of carbonyl (C=O) groups is 2. The van der Waals surface area contributed by atoms with Crippen LogP contribution in [-0.4, -0.2) is 54.2 Å². The molecule has 7 heteroatoms. The summed E-state index contributed by atoms with van der Waals surface area (Å²) in [4.78, 5) is 27.0. The van der Waals surface area contributed by atoms with Gasteiger partial charge in [-0.1, -0.05) is 12.1 Å². The molecule has 152 valence electrons. The summed E-state index contributed by atoms with van der Waals surface area (Å²) >= 11 is 0. The van der Waals surface area contributed by atoms with Crippen molar-refractivity contribution in [3.05, 3.63) is 65.2 Å². The van der Waals surface area contributed by atoms with Crippen LogP contribution in [0.3, 0.4) is 0 Å². The van der Waals surface area contributed by atoms with Gasteiger partial charge in [-0.3, -0.25) is 9.59 Å². The van der Waals surface area contributed by atoms with E-state index in [2.05, 4.69) is 0 Å². The molecule has 1 amide bonds. The van der Waals surface area contributed by atoms with E-state index in [1.165, 1.54) is 24.1 Å². The number of aromatic hydroxyl groups is 1. The number of carbonyl (C=O) groups excluding carboxylic acids is 2. The number of likely N-dealkylation sites (tertiary alicyclic amines) is 1. The van der Waals surface area contributed by atoms with Gasteiger partial charge in [0.1, 0.15) is 17.3 Å². The van der Waals surface area contributed by atoms with E-state index in [1.54, 1.807) is 43.5 Å². The number of phenols is 1. The number of hydrogen-bond donors (Lipinski definition) is 2. The normalized spacial score (nSPS) is 18.3. The minimum absolute atomic E-state index is 0.00873. The standard InChI is InChI=1S/C22H23NO6/c1-28-12-4-11-23-19(15-5-3-6-16(24)13-15)18(21(26)22(23)27)20(25)14-7-9-17(29-2)10-8-14/h3,5-10,13,19,24-25H,4,11-12H2,1-2H3/b20-18+/t19-/m1/s1. The number of rotatable bonds is 7. The number of ether oxygens (including phenoxy) is 2. The van der Waals surface area contributed by atoms with Crippen molar-refractivity contribution in [1.82, 2.24) is 4.90 Å². The van der Waals surface area contributed by atoms with E-state index >= 15 is 0 Å². The molecule has 0 spiro atoms. The Balaban J connectivity index is 2.10. The molecule has 0 radical (unpaired) electrons. The quantitative estimate of drug-likeness (QED) is 0.323. The number of aliphatic hydroxyl groups is 1. The number of Topliss-reactive ketones (excluding diaryl/α,β-unsaturated/α-hetero) is 1. The summed E-state index contributed by atoms with van der Waals surface area (Å²) in [6.07, 6.45) is 0.529. The average molecular weight is 397 g/mol. The molecule has 29 heavy (non-hydrogen) atoms. The van der Waals surface area contributed by atoms with Gasteiger partial charge in [-0.2, -0.15) is 0 Å². The van der Waals surface area contributed by atoms with Crippen LogP contribution in [0.5, 0.6) is 11.5 Å². The predicted molar refractivity (Wildman–Crippen MR) is 107 cm³/mol. The van der Waals surface area contributed by atoms with Gasteiger partial charge in [0.05, 0.1) is 18.7 Å². The Hall–Kier alpha value is -3.32. The Labute approximate surface area is 168 Å². The summed E-state index contributed by atoms with van der Waals surface area (Å²) in [7, 11) is 3.09. The molecule has 2 aromatic rings. The SMILES string of the molecule is COCCCN1C(=O)C(=O)/C(=C(/O)c2ccc(OC)cc2)[C@H]1c1cccc(O)c1. The topological polar surface area (TPSA) is 96.3 Å². The number of nitrogens with zero attached hydrogens (tertiary/aromatic N) is 1. The van der Waals surface area contributed by atoms with Gasteiger partial charge in [0.25, 0.3) is 11.7 Å². The highest BCUT2D eigenvalue weighted by molar-refractivity contribution is 6.46. The molecule has 0 saturated carbocycles. The molecule has 3 rings (SSSR count). The fourth-order valence-corrected chi connectivity index (χ4v) is 3.44. The number of methoxy groups -OCH3 is 2. The third-order valence-electron chi connectivity index (χ3n) is 4.84. The van der Waals surface area contributed by atoms with E-state index in [1.807, 2.05) is 0 Å². The summed E-state index contributed by atoms with van der Waals surface area (Å²) < 4.78 is 10.2. The van der Waals surface area contributed by atoms with Gasteiger partial charge in [0, 0.05) is 25.8 Å². The van der Waals surface area contributed by atoms with Gasteiger partial charge in [-0.15, -0.1) is 0 Å². The Morgan fingerprint density at radius 3 is 2.45 bits per heavy atom. The van der Waals surface area contributed by atoms with Crippen molar-refractivity contribution in [2.24, 2.45) is 0 Å². The van der Waals surface area contributed by atoms with Crippen LogP contribution in [0.15, 0.2) is 54.1 Å². The van der Waals surface area contributed by atoms with Crippen LogP contribution in [0.25, 0.3) is 5.76 Å². The highest BCUT2D eigenvalue weighted by Crippen LogP contribution is 2.40. The maximum absolute atomic E-state index is 12.8. The second kappa shape index (κ2) is 8.79. The monoisotopic (exact) mass is 397 g/mol. The zero-order valence-corrected chi connectivity index (χ0v) is 16.3. The maximum atomic E-state index is 12.8. The highest BCUT2D eigenvalue weighted by atomic mass is 16.5. The van der Waals surface area contributed by atoms with Crippen molar-refractivity contribution in [3.8, 4) is 11.5 Å². The smallest absolute Gasteiger partial charge is 0.295 e. The van der Waals surface area contributed by atoms with Gasteiger partial charge in [0.15, 0.2) is 0 Å². The third-order valence-corrected chi connectivity index (χ3v) is 4.84. The van der Waals surface area contributed by atoms with Crippen LogP contribution in [0.2, 0.25) is 0 Å². The first-order valence-electron chi connectivity index (χ1n) is 9.18. The lowest BCUT2D eigenvalue weighted by molar-refractivity contribution is -0.140. The van der Waals surface area contributed by atoms with E-state index in [-0.39, 0.29) is 23.6 Å². The molecule has 7 nitrogen and oxygen atoms in total. The second-order valence-corrected chi connectivity index (χ2v) is 6.66. The Morgan fingerprint density at radius 1 is 1.10 bits per heavy atom. The van der Waals surface area contributed by atoms with Crippen molar-refractivity contribution in [1.29, 1.82) is 0 Å². The molecule has 2 aromatic carbocycles. The van der Waals surface area contributed by atoms with E-state index in [0.29, 0.717) is 29.9 Å². The van der Waals surface area contributed by atoms with Crippen molar-refractivity contribution >= 4 is 17.4 Å². The van der Waals surface area contributed by atoms with Crippen molar-refractivity contribution in [2.75, 3.05) is 27.4 Å². The van der Waals surface area contributed by atoms with Crippen LogP contribution >= 0.6 is 0 Å². The molecular formula is C22H23NO6. The maximum Gasteiger partial charge on any atom is 0.295 e. The first kappa shape index (κ1) is 20.4. The Kier molecular flexibility index (Phi) is 6.19. The predicted octanol–water partition coefficient (Wildman–Crippen LogP) is 2.86. The van der Waals surface area contributed by atoms with Gasteiger partial charge >= 0.3 is 0 Å². The van der Waals surface area contributed by atoms with Crippen molar-refractivity contribution < 1.29 is 29.3 Å². The zero-order valence-electron chi connectivity index (χ0n) is 16.3. The fourth-order valence-electron chi connectivity index (χ4n) is 3.44. The molecule has 0 aromatic heterocycles. The zero-order chi connectivity index (χ0) is 21.0. The summed E-state index contributed by atoms with van der Waals surface area (Å²) in [5, 5.41) is 20.8. The largest absolute Gasteiger partial charge is 0.508 e. The number of phenolic OH excluding ortho intramolecular Hbond substituents is 1. The average Bonchev–Trinajstić information content (AvgIpc) is 2.98. The molecule has 1 aliphatic heterocycles. The van der Waals surface area contributed by atoms with Crippen LogP contribution in [0.4, 0.5) is 0 Å². The van der Waals surface area contributed by atoms with E-state index in [0.717, 1.165) is 0 Å². The summed E-state index contributed by atoms with van der Waals surface area (Å²) in [6.45, 7) is 0.701. The van der Waals surface area contributed by atoms with E-state index < -0.39 is 17.7 Å². The van der Waals surface area contributed by atoms with Crippen LogP contribution in [0.1, 0.15) is 23.6 Å². The van der Waals surface area contributed by atoms with Gasteiger partial charge in [0.2, 0.25) is 0 Å². The van der Waals surface area contributed by atoms with E-state index in [4.69, 9.17) is 9.47 Å². The minimum Gasteiger partial charge on any atom is -0.508 e. The third kappa shape index (κ3) is 4.09. The van der Waals surface area contributed by atoms with Gasteiger partial charge in [-0.25, -0.2) is 0 Å². The fraction of sp³-hybridized carbons (Fsp3) is 0.273. The molecule has 2 N–H and O–H groups in total. The van der Waals surface area contributed by atoms with Gasteiger partial charge in [-0.05, 0) is 48.4 Å². The minimum atomic E-state index is -0.805. The summed E-state index contributed by atoms with van der Waals surface area (Å²) in [5.74, 6) is -1.11. The Bertz CT molecular complexity index is 935. The molecule has 0 unspecified atom stereocenters. The van der Waals surface area contributed by atoms with Crippen molar-refractivity contribution in [3.63, 3.8) is 0 Å². The molecular weight excluding hydrogens is 374 g/mol. The molecule has 1 fully saturated rings. The number of ketones is 1. The summed E-state index contributed by atoms with van der Waals surface area (Å²) in [6, 6.07) is 12.1. The Morgan fingerprint density at radius 2 is 1.83 bits per heavy atom.